The Kier molecular flexibility index (Phi) is 7.13. The van der Waals surface area contributed by atoms with Crippen LogP contribution in [0.2, 0.25) is 0 Å². The van der Waals surface area contributed by atoms with Crippen LogP contribution in [0.1, 0.15) is 32.3 Å². The third kappa shape index (κ3) is 5.08. The van der Waals surface area contributed by atoms with Gasteiger partial charge in [-0.1, -0.05) is 26.0 Å². The second-order valence-electron chi connectivity index (χ2n) is 6.29. The molecular weight excluding hydrogens is 391 g/mol. The van der Waals surface area contributed by atoms with E-state index in [9.17, 15) is 4.39 Å². The highest BCUT2D eigenvalue weighted by Crippen LogP contribution is 2.25. The highest BCUT2D eigenvalue weighted by Gasteiger charge is 2.12. The van der Waals surface area contributed by atoms with Crippen molar-refractivity contribution in [2.75, 3.05) is 13.2 Å². The minimum atomic E-state index is -0.401. The van der Waals surface area contributed by atoms with E-state index in [-0.39, 0.29) is 4.77 Å². The number of aromatic nitrogens is 3. The first kappa shape index (κ1) is 20.7. The van der Waals surface area contributed by atoms with E-state index in [4.69, 9.17) is 21.7 Å². The normalized spacial score (nSPS) is 11.1. The first-order valence-corrected chi connectivity index (χ1v) is 9.91. The predicted octanol–water partition coefficient (Wildman–Crippen LogP) is 5.21. The maximum absolute atomic E-state index is 14.2. The predicted molar refractivity (Wildman–Crippen MR) is 114 cm³/mol. The first-order valence-electron chi connectivity index (χ1n) is 9.50. The second kappa shape index (κ2) is 9.97. The van der Waals surface area contributed by atoms with Crippen LogP contribution in [0.25, 0.3) is 11.4 Å². The summed E-state index contributed by atoms with van der Waals surface area (Å²) < 4.78 is 27.4. The van der Waals surface area contributed by atoms with Crippen molar-refractivity contribution in [1.82, 2.24) is 14.9 Å². The van der Waals surface area contributed by atoms with Crippen LogP contribution in [0, 0.1) is 10.6 Å². The van der Waals surface area contributed by atoms with Gasteiger partial charge >= 0.3 is 0 Å². The molecule has 0 saturated carbocycles. The fourth-order valence-corrected chi connectivity index (χ4v) is 2.78. The van der Waals surface area contributed by atoms with Crippen molar-refractivity contribution in [1.29, 1.82) is 0 Å². The van der Waals surface area contributed by atoms with Gasteiger partial charge in [0, 0.05) is 11.6 Å². The smallest absolute Gasteiger partial charge is 0.216 e. The molecule has 0 fully saturated rings. The number of benzene rings is 2. The number of H-pyrrole nitrogens is 1. The highest BCUT2D eigenvalue weighted by molar-refractivity contribution is 7.71. The second-order valence-corrected chi connectivity index (χ2v) is 6.67. The summed E-state index contributed by atoms with van der Waals surface area (Å²) in [7, 11) is 0. The molecule has 2 aromatic carbocycles. The van der Waals surface area contributed by atoms with E-state index in [1.165, 1.54) is 10.7 Å². The minimum Gasteiger partial charge on any atom is -0.493 e. The van der Waals surface area contributed by atoms with Gasteiger partial charge in [0.15, 0.2) is 5.82 Å². The van der Waals surface area contributed by atoms with Crippen LogP contribution in [0.3, 0.4) is 0 Å². The molecule has 0 amide bonds. The zero-order valence-electron chi connectivity index (χ0n) is 16.4. The van der Waals surface area contributed by atoms with Gasteiger partial charge in [-0.05, 0) is 49.3 Å². The largest absolute Gasteiger partial charge is 0.493 e. The SMILES string of the molecule is CCCOc1ccc(/C=N\n2c(-c3ccccc3F)n[nH]c2=S)c(OCCC)c1. The molecule has 6 nitrogen and oxygen atoms in total. The summed E-state index contributed by atoms with van der Waals surface area (Å²) in [5.41, 5.74) is 1.06. The summed E-state index contributed by atoms with van der Waals surface area (Å²) in [5, 5.41) is 11.2. The molecule has 8 heteroatoms. The number of nitrogens with zero attached hydrogens (tertiary/aromatic N) is 3. The topological polar surface area (TPSA) is 64.4 Å². The summed E-state index contributed by atoms with van der Waals surface area (Å²) in [6.07, 6.45) is 3.41. The number of nitrogens with one attached hydrogen (secondary N) is 1. The molecule has 29 heavy (non-hydrogen) atoms. The fraction of sp³-hybridized carbons (Fsp3) is 0.286. The Bertz CT molecular complexity index is 1050. The number of aromatic amines is 1. The zero-order chi connectivity index (χ0) is 20.6. The van der Waals surface area contributed by atoms with Crippen molar-refractivity contribution in [3.8, 4) is 22.9 Å². The van der Waals surface area contributed by atoms with Gasteiger partial charge in [0.2, 0.25) is 4.77 Å². The van der Waals surface area contributed by atoms with Gasteiger partial charge in [-0.3, -0.25) is 0 Å². The highest BCUT2D eigenvalue weighted by atomic mass is 32.1. The molecule has 1 heterocycles. The molecule has 1 aromatic heterocycles. The van der Waals surface area contributed by atoms with Crippen molar-refractivity contribution in [3.05, 3.63) is 58.6 Å². The molecule has 0 bridgehead atoms. The van der Waals surface area contributed by atoms with Gasteiger partial charge in [0.25, 0.3) is 0 Å². The molecule has 1 N–H and O–H groups in total. The molecule has 0 aliphatic carbocycles. The Morgan fingerprint density at radius 2 is 1.90 bits per heavy atom. The van der Waals surface area contributed by atoms with Crippen molar-refractivity contribution in [2.24, 2.45) is 5.10 Å². The zero-order valence-corrected chi connectivity index (χ0v) is 17.2. The van der Waals surface area contributed by atoms with E-state index in [2.05, 4.69) is 22.2 Å². The lowest BCUT2D eigenvalue weighted by atomic mass is 10.2. The van der Waals surface area contributed by atoms with Crippen LogP contribution in [0.5, 0.6) is 11.5 Å². The molecule has 0 unspecified atom stereocenters. The van der Waals surface area contributed by atoms with Crippen LogP contribution >= 0.6 is 12.2 Å². The van der Waals surface area contributed by atoms with Crippen LogP contribution < -0.4 is 9.47 Å². The van der Waals surface area contributed by atoms with Crippen LogP contribution in [-0.4, -0.2) is 34.3 Å². The number of halogens is 1. The van der Waals surface area contributed by atoms with Gasteiger partial charge in [-0.25, -0.2) is 9.49 Å². The van der Waals surface area contributed by atoms with Crippen LogP contribution in [0.15, 0.2) is 47.6 Å². The summed E-state index contributed by atoms with van der Waals surface area (Å²) in [4.78, 5) is 0. The lowest BCUT2D eigenvalue weighted by molar-refractivity contribution is 0.301. The van der Waals surface area contributed by atoms with E-state index in [0.29, 0.717) is 30.4 Å². The summed E-state index contributed by atoms with van der Waals surface area (Å²) in [6, 6.07) is 11.9. The van der Waals surface area contributed by atoms with E-state index >= 15 is 0 Å². The van der Waals surface area contributed by atoms with Crippen molar-refractivity contribution in [3.63, 3.8) is 0 Å². The summed E-state index contributed by atoms with van der Waals surface area (Å²) in [5.74, 6) is 1.29. The summed E-state index contributed by atoms with van der Waals surface area (Å²) in [6.45, 7) is 5.30. The molecule has 0 atom stereocenters. The Labute approximate surface area is 174 Å². The number of hydrogen-bond acceptors (Lipinski definition) is 5. The lowest BCUT2D eigenvalue weighted by Crippen LogP contribution is -2.02. The minimum absolute atomic E-state index is 0.262. The van der Waals surface area contributed by atoms with E-state index in [1.54, 1.807) is 24.4 Å². The van der Waals surface area contributed by atoms with E-state index in [1.807, 2.05) is 25.1 Å². The van der Waals surface area contributed by atoms with Gasteiger partial charge in [0.1, 0.15) is 17.3 Å². The average molecular weight is 415 g/mol. The number of rotatable bonds is 9. The van der Waals surface area contributed by atoms with Crippen LogP contribution in [0.4, 0.5) is 4.39 Å². The Balaban J connectivity index is 1.95. The number of ether oxygens (including phenoxy) is 2. The molecule has 3 rings (SSSR count). The van der Waals surface area contributed by atoms with E-state index in [0.717, 1.165) is 24.2 Å². The maximum Gasteiger partial charge on any atom is 0.216 e. The Morgan fingerprint density at radius 3 is 2.66 bits per heavy atom. The standard InChI is InChI=1S/C21H23FN4O2S/c1-3-11-27-16-10-9-15(19(13-16)28-12-4-2)14-23-26-20(24-25-21(26)29)17-7-5-6-8-18(17)22/h5-10,13-14H,3-4,11-12H2,1-2H3,(H,25,29)/b23-14-. The third-order valence-corrected chi connectivity index (χ3v) is 4.26. The molecule has 0 aliphatic rings. The molecular formula is C21H23FN4O2S. The molecule has 0 spiro atoms. The molecule has 3 aromatic rings. The Morgan fingerprint density at radius 1 is 1.14 bits per heavy atom. The third-order valence-electron chi connectivity index (χ3n) is 4.00. The van der Waals surface area contributed by atoms with Gasteiger partial charge in [-0.2, -0.15) is 14.9 Å². The molecule has 0 radical (unpaired) electrons. The van der Waals surface area contributed by atoms with Gasteiger partial charge in [-0.15, -0.1) is 0 Å². The molecule has 152 valence electrons. The van der Waals surface area contributed by atoms with Crippen molar-refractivity contribution in [2.45, 2.75) is 26.7 Å². The van der Waals surface area contributed by atoms with E-state index < -0.39 is 5.82 Å². The molecule has 0 saturated heterocycles. The monoisotopic (exact) mass is 414 g/mol. The quantitative estimate of drug-likeness (QED) is 0.386. The van der Waals surface area contributed by atoms with Gasteiger partial charge < -0.3 is 9.47 Å². The number of hydrogen-bond donors (Lipinski definition) is 1. The Hall–Kier alpha value is -3.00. The first-order chi connectivity index (χ1) is 14.1. The van der Waals surface area contributed by atoms with Crippen molar-refractivity contribution >= 4 is 18.4 Å². The average Bonchev–Trinajstić information content (AvgIpc) is 3.10. The van der Waals surface area contributed by atoms with Gasteiger partial charge in [0.05, 0.1) is 25.0 Å². The molecule has 0 aliphatic heterocycles. The fourth-order valence-electron chi connectivity index (χ4n) is 2.60. The van der Waals surface area contributed by atoms with Crippen molar-refractivity contribution < 1.29 is 13.9 Å². The lowest BCUT2D eigenvalue weighted by Gasteiger charge is -2.11. The summed E-state index contributed by atoms with van der Waals surface area (Å²) >= 11 is 5.26. The maximum atomic E-state index is 14.2. The van der Waals surface area contributed by atoms with Crippen LogP contribution in [-0.2, 0) is 0 Å².